The Morgan fingerprint density at radius 3 is 1.29 bits per heavy atom. The summed E-state index contributed by atoms with van der Waals surface area (Å²) in [5.74, 6) is -0.952. The Bertz CT molecular complexity index is 2200. The Labute approximate surface area is 333 Å². The molecule has 0 fully saturated rings. The molecule has 6 N–H and O–H groups in total. The summed E-state index contributed by atoms with van der Waals surface area (Å²) in [7, 11) is -4.75. The Balaban J connectivity index is 0.000000270. The largest absolute Gasteiger partial charge is 1.00 e. The second kappa shape index (κ2) is 17.9. The van der Waals surface area contributed by atoms with Crippen LogP contribution in [-0.4, -0.2) is 64.1 Å². The summed E-state index contributed by atoms with van der Waals surface area (Å²) in [6.45, 7) is 0. The Morgan fingerprint density at radius 2 is 0.923 bits per heavy atom. The van der Waals surface area contributed by atoms with Crippen LogP contribution in [0, 0.1) is 0 Å². The fourth-order valence-corrected chi connectivity index (χ4v) is 6.22. The maximum absolute atomic E-state index is 12.1. The monoisotopic (exact) mass is 789 g/mol. The molecule has 2 aliphatic carbocycles. The van der Waals surface area contributed by atoms with Crippen LogP contribution < -0.4 is 49.9 Å². The molecular formula is C34H30CrN6NaO8S2+. The number of allylic oxidation sites excluding steroid dienone is 2. The van der Waals surface area contributed by atoms with Gasteiger partial charge < -0.3 is 10.2 Å². The molecule has 0 heterocycles. The van der Waals surface area contributed by atoms with Crippen molar-refractivity contribution >= 4 is 66.6 Å². The molecule has 0 saturated carbocycles. The second-order valence-corrected chi connectivity index (χ2v) is 14.3. The quantitative estimate of drug-likeness (QED) is 0.0823. The molecule has 14 nitrogen and oxygen atoms in total. The number of anilines is 2. The first kappa shape index (κ1) is 42.0. The molecule has 0 bridgehead atoms. The molecule has 0 saturated heterocycles. The molecule has 0 atom stereocenters. The van der Waals surface area contributed by atoms with Gasteiger partial charge in [0.05, 0.1) is 21.2 Å². The summed E-state index contributed by atoms with van der Waals surface area (Å²) in [5, 5.41) is 28.0. The molecule has 0 spiro atoms. The zero-order chi connectivity index (χ0) is 36.1. The van der Waals surface area contributed by atoms with Crippen molar-refractivity contribution in [3.8, 4) is 11.5 Å². The van der Waals surface area contributed by atoms with Gasteiger partial charge in [0, 0.05) is 28.5 Å². The van der Waals surface area contributed by atoms with E-state index in [2.05, 4.69) is 30.5 Å². The number of ketones is 2. The molecule has 0 unspecified atom stereocenters. The van der Waals surface area contributed by atoms with E-state index in [9.17, 15) is 36.6 Å². The number of aromatic hydroxyl groups is 2. The van der Waals surface area contributed by atoms with Crippen molar-refractivity contribution in [1.82, 2.24) is 9.44 Å². The fourth-order valence-electron chi connectivity index (χ4n) is 4.71. The number of rotatable bonds is 8. The zero-order valence-electron chi connectivity index (χ0n) is 27.9. The van der Waals surface area contributed by atoms with Crippen molar-refractivity contribution in [2.75, 3.05) is 24.9 Å². The van der Waals surface area contributed by atoms with Gasteiger partial charge in [0.15, 0.2) is 0 Å². The normalized spacial score (nSPS) is 14.7. The van der Waals surface area contributed by atoms with Gasteiger partial charge in [-0.2, -0.15) is 10.2 Å². The van der Waals surface area contributed by atoms with Crippen LogP contribution in [0.25, 0.3) is 12.2 Å². The van der Waals surface area contributed by atoms with Gasteiger partial charge in [0.2, 0.25) is 31.6 Å². The standard InChI is InChI=1S/2C17H15N3O4S.Cr.Na/c2*1-18-25(23,24)12-7-9-15(21)14(10-12)19-20-17-13-5-3-2-4-11(13)6-8-16(17)22;;/h2*2-10,18-19,21H,1H3;;/q;;;+1/b2*20-17-;;. The van der Waals surface area contributed by atoms with Crippen LogP contribution in [0.15, 0.2) is 117 Å². The summed E-state index contributed by atoms with van der Waals surface area (Å²) in [6.07, 6.45) is 6.22. The van der Waals surface area contributed by atoms with Gasteiger partial charge in [0.25, 0.3) is 0 Å². The minimum atomic E-state index is -3.67. The van der Waals surface area contributed by atoms with Gasteiger partial charge in [0.1, 0.15) is 22.9 Å². The molecule has 0 amide bonds. The average molecular weight is 790 g/mol. The smallest absolute Gasteiger partial charge is 0.506 e. The van der Waals surface area contributed by atoms with E-state index < -0.39 is 20.0 Å². The van der Waals surface area contributed by atoms with E-state index >= 15 is 0 Å². The SMILES string of the molecule is CNS(=O)(=O)c1ccc(O)c(N/N=C2\C(=O)C=Cc3ccccc32)c1.CNS(=O)(=O)c1ccc(O)c(N/N=C2\C(=O)C=Cc3ccccc32)c1.[Cr].[Na+]. The van der Waals surface area contributed by atoms with E-state index in [1.807, 2.05) is 24.3 Å². The molecular weight excluding hydrogens is 760 g/mol. The van der Waals surface area contributed by atoms with E-state index in [1.54, 1.807) is 36.4 Å². The number of benzene rings is 4. The average Bonchev–Trinajstić information content (AvgIpc) is 3.12. The second-order valence-electron chi connectivity index (χ2n) is 10.5. The first-order valence-electron chi connectivity index (χ1n) is 14.7. The number of carbonyl (C=O) groups is 2. The van der Waals surface area contributed by atoms with E-state index in [1.165, 1.54) is 62.6 Å². The number of sulfonamides is 2. The van der Waals surface area contributed by atoms with E-state index in [-0.39, 0.29) is 103 Å². The van der Waals surface area contributed by atoms with E-state index in [0.717, 1.165) is 11.1 Å². The van der Waals surface area contributed by atoms with Crippen molar-refractivity contribution in [3.63, 3.8) is 0 Å². The van der Waals surface area contributed by atoms with Gasteiger partial charge in [-0.05, 0) is 73.8 Å². The Kier molecular flexibility index (Phi) is 14.4. The van der Waals surface area contributed by atoms with E-state index in [0.29, 0.717) is 11.1 Å². The number of hydrogen-bond donors (Lipinski definition) is 6. The third-order valence-electron chi connectivity index (χ3n) is 7.40. The van der Waals surface area contributed by atoms with Crippen LogP contribution in [0.5, 0.6) is 11.5 Å². The van der Waals surface area contributed by atoms with Gasteiger partial charge in [-0.25, -0.2) is 26.3 Å². The first-order chi connectivity index (χ1) is 23.8. The predicted molar refractivity (Wildman–Crippen MR) is 190 cm³/mol. The van der Waals surface area contributed by atoms with Crippen LogP contribution in [0.1, 0.15) is 22.3 Å². The summed E-state index contributed by atoms with van der Waals surface area (Å²) in [4.78, 5) is 24.1. The third kappa shape index (κ3) is 9.52. The molecule has 262 valence electrons. The summed E-state index contributed by atoms with van der Waals surface area (Å²) >= 11 is 0. The Morgan fingerprint density at radius 1 is 0.558 bits per heavy atom. The fraction of sp³-hybridized carbons (Fsp3) is 0.0588. The number of phenolic OH excluding ortho intramolecular Hbond substituents is 2. The van der Waals surface area contributed by atoms with Crippen LogP contribution >= 0.6 is 0 Å². The van der Waals surface area contributed by atoms with Crippen molar-refractivity contribution in [3.05, 3.63) is 119 Å². The molecule has 0 aliphatic heterocycles. The summed E-state index contributed by atoms with van der Waals surface area (Å²) < 4.78 is 51.9. The van der Waals surface area contributed by atoms with Gasteiger partial charge in [-0.1, -0.05) is 60.7 Å². The minimum absolute atomic E-state index is 0. The molecule has 6 rings (SSSR count). The topological polar surface area (TPSA) is 216 Å². The van der Waals surface area contributed by atoms with Crippen molar-refractivity contribution in [2.24, 2.45) is 10.2 Å². The molecule has 52 heavy (non-hydrogen) atoms. The van der Waals surface area contributed by atoms with Crippen molar-refractivity contribution in [1.29, 1.82) is 0 Å². The van der Waals surface area contributed by atoms with Gasteiger partial charge >= 0.3 is 29.6 Å². The molecule has 0 aromatic heterocycles. The number of carbonyl (C=O) groups excluding carboxylic acids is 2. The van der Waals surface area contributed by atoms with E-state index in [4.69, 9.17) is 0 Å². The molecule has 4 aromatic rings. The van der Waals surface area contributed by atoms with Crippen LogP contribution in [-0.2, 0) is 47.0 Å². The van der Waals surface area contributed by atoms with Crippen LogP contribution in [0.3, 0.4) is 0 Å². The van der Waals surface area contributed by atoms with Crippen molar-refractivity contribution < 1.29 is 83.6 Å². The molecule has 4 aromatic carbocycles. The molecule has 2 aliphatic rings. The van der Waals surface area contributed by atoms with Crippen molar-refractivity contribution in [2.45, 2.75) is 9.79 Å². The molecule has 18 heteroatoms. The van der Waals surface area contributed by atoms with Crippen LogP contribution in [0.4, 0.5) is 11.4 Å². The maximum Gasteiger partial charge on any atom is 1.00 e. The van der Waals surface area contributed by atoms with Gasteiger partial charge in [-0.15, -0.1) is 0 Å². The van der Waals surface area contributed by atoms with Crippen LogP contribution in [0.2, 0.25) is 0 Å². The summed E-state index contributed by atoms with van der Waals surface area (Å²) in [5.41, 5.74) is 8.67. The number of hydrazone groups is 2. The number of nitrogens with one attached hydrogen (secondary N) is 4. The maximum atomic E-state index is 12.1. The number of phenols is 2. The molecule has 0 radical (unpaired) electrons. The van der Waals surface area contributed by atoms with Gasteiger partial charge in [-0.3, -0.25) is 20.4 Å². The third-order valence-corrected chi connectivity index (χ3v) is 10.2. The number of nitrogens with zero attached hydrogens (tertiary/aromatic N) is 2. The predicted octanol–water partition coefficient (Wildman–Crippen LogP) is 0.426. The summed E-state index contributed by atoms with van der Waals surface area (Å²) in [6, 6.07) is 22.0. The Hall–Kier alpha value is -4.41. The minimum Gasteiger partial charge on any atom is -0.506 e. The zero-order valence-corrected chi connectivity index (χ0v) is 32.8. The first-order valence-corrected chi connectivity index (χ1v) is 17.7. The number of hydrogen-bond acceptors (Lipinski definition) is 12. The number of fused-ring (bicyclic) bond motifs is 2.